The predicted octanol–water partition coefficient (Wildman–Crippen LogP) is 3.56. The van der Waals surface area contributed by atoms with Crippen LogP contribution >= 0.6 is 0 Å². The van der Waals surface area contributed by atoms with Gasteiger partial charge < -0.3 is 5.11 Å². The van der Waals surface area contributed by atoms with Crippen molar-refractivity contribution in [2.75, 3.05) is 0 Å². The Morgan fingerprint density at radius 2 is 1.65 bits per heavy atom. The van der Waals surface area contributed by atoms with E-state index in [-0.39, 0.29) is 5.69 Å². The van der Waals surface area contributed by atoms with Crippen LogP contribution in [0.2, 0.25) is 0 Å². The smallest absolute Gasteiger partial charge is 0.358 e. The second kappa shape index (κ2) is 5.68. The van der Waals surface area contributed by atoms with Crippen LogP contribution in [0, 0.1) is 20.8 Å². The molecule has 3 rings (SSSR count). The Morgan fingerprint density at radius 1 is 1.00 bits per heavy atom. The third-order valence-electron chi connectivity index (χ3n) is 3.79. The summed E-state index contributed by atoms with van der Waals surface area (Å²) in [7, 11) is 0. The van der Waals surface area contributed by atoms with Crippen molar-refractivity contribution in [2.24, 2.45) is 0 Å². The average Bonchev–Trinajstić information content (AvgIpc) is 2.95. The molecule has 0 aliphatic heterocycles. The van der Waals surface area contributed by atoms with E-state index in [2.05, 4.69) is 10.3 Å². The Bertz CT molecular complexity index is 880. The lowest BCUT2D eigenvalue weighted by Crippen LogP contribution is -2.05. The highest BCUT2D eigenvalue weighted by Crippen LogP contribution is 2.27. The minimum Gasteiger partial charge on any atom is -0.476 e. The number of benzene rings is 2. The average molecular weight is 307 g/mol. The van der Waals surface area contributed by atoms with Crippen LogP contribution in [-0.4, -0.2) is 26.1 Å². The van der Waals surface area contributed by atoms with Gasteiger partial charge in [0.1, 0.15) is 5.69 Å². The minimum atomic E-state index is -1.09. The molecular formula is C18H17N3O2. The van der Waals surface area contributed by atoms with Gasteiger partial charge in [0, 0.05) is 5.56 Å². The van der Waals surface area contributed by atoms with Gasteiger partial charge in [-0.05, 0) is 38.0 Å². The van der Waals surface area contributed by atoms with Gasteiger partial charge in [-0.1, -0.05) is 47.2 Å². The lowest BCUT2D eigenvalue weighted by Gasteiger charge is -2.11. The molecule has 3 aromatic rings. The zero-order valence-electron chi connectivity index (χ0n) is 13.2. The van der Waals surface area contributed by atoms with Crippen molar-refractivity contribution in [1.82, 2.24) is 15.0 Å². The first-order valence-electron chi connectivity index (χ1n) is 7.31. The number of rotatable bonds is 3. The van der Waals surface area contributed by atoms with Gasteiger partial charge in [0.15, 0.2) is 5.69 Å². The van der Waals surface area contributed by atoms with E-state index in [1.165, 1.54) is 0 Å². The number of carboxylic acid groups (broad SMARTS) is 1. The molecule has 0 saturated carbocycles. The first-order chi connectivity index (χ1) is 11.0. The molecule has 0 aliphatic carbocycles. The normalized spacial score (nSPS) is 10.7. The monoisotopic (exact) mass is 307 g/mol. The van der Waals surface area contributed by atoms with Crippen LogP contribution < -0.4 is 0 Å². The van der Waals surface area contributed by atoms with E-state index in [0.717, 1.165) is 27.9 Å². The molecule has 0 amide bonds. The van der Waals surface area contributed by atoms with Crippen molar-refractivity contribution < 1.29 is 9.90 Å². The topological polar surface area (TPSA) is 68.0 Å². The van der Waals surface area contributed by atoms with Crippen molar-refractivity contribution in [3.05, 3.63) is 64.8 Å². The molecule has 0 atom stereocenters. The SMILES string of the molecule is Cc1ccc(-c2c(C(=O)O)nnn2-c2cc(C)ccc2C)cc1. The minimum absolute atomic E-state index is 0.0465. The van der Waals surface area contributed by atoms with Crippen LogP contribution in [0.3, 0.4) is 0 Å². The number of hydrogen-bond donors (Lipinski definition) is 1. The third-order valence-corrected chi connectivity index (χ3v) is 3.79. The van der Waals surface area contributed by atoms with Gasteiger partial charge in [-0.2, -0.15) is 0 Å². The summed E-state index contributed by atoms with van der Waals surface area (Å²) in [5.74, 6) is -1.09. The largest absolute Gasteiger partial charge is 0.476 e. The number of aromatic carboxylic acids is 1. The summed E-state index contributed by atoms with van der Waals surface area (Å²) in [4.78, 5) is 11.5. The summed E-state index contributed by atoms with van der Waals surface area (Å²) in [5, 5.41) is 17.4. The second-order valence-corrected chi connectivity index (χ2v) is 5.66. The first-order valence-corrected chi connectivity index (χ1v) is 7.31. The highest BCUT2D eigenvalue weighted by Gasteiger charge is 2.22. The quantitative estimate of drug-likeness (QED) is 0.803. The Labute approximate surface area is 134 Å². The zero-order chi connectivity index (χ0) is 16.6. The van der Waals surface area contributed by atoms with E-state index in [0.29, 0.717) is 5.69 Å². The third kappa shape index (κ3) is 2.73. The summed E-state index contributed by atoms with van der Waals surface area (Å²) < 4.78 is 1.61. The van der Waals surface area contributed by atoms with E-state index in [1.54, 1.807) is 4.68 Å². The van der Waals surface area contributed by atoms with E-state index < -0.39 is 5.97 Å². The molecule has 0 aliphatic rings. The van der Waals surface area contributed by atoms with E-state index in [4.69, 9.17) is 0 Å². The fourth-order valence-corrected chi connectivity index (χ4v) is 2.51. The number of carboxylic acids is 1. The molecule has 1 aromatic heterocycles. The van der Waals surface area contributed by atoms with Gasteiger partial charge >= 0.3 is 5.97 Å². The van der Waals surface area contributed by atoms with Crippen LogP contribution in [0.25, 0.3) is 16.9 Å². The summed E-state index contributed by atoms with van der Waals surface area (Å²) in [5.41, 5.74) is 5.25. The molecule has 23 heavy (non-hydrogen) atoms. The van der Waals surface area contributed by atoms with Crippen molar-refractivity contribution in [1.29, 1.82) is 0 Å². The summed E-state index contributed by atoms with van der Waals surface area (Å²) >= 11 is 0. The van der Waals surface area contributed by atoms with E-state index in [1.807, 2.05) is 63.2 Å². The molecular weight excluding hydrogens is 290 g/mol. The molecule has 116 valence electrons. The predicted molar refractivity (Wildman–Crippen MR) is 88.0 cm³/mol. The van der Waals surface area contributed by atoms with Crippen molar-refractivity contribution in [3.8, 4) is 16.9 Å². The molecule has 0 radical (unpaired) electrons. The van der Waals surface area contributed by atoms with Crippen molar-refractivity contribution in [2.45, 2.75) is 20.8 Å². The standard InChI is InChI=1S/C18H17N3O2/c1-11-5-8-14(9-6-11)17-16(18(22)23)19-20-21(17)15-10-12(2)4-7-13(15)3/h4-10H,1-3H3,(H,22,23). The highest BCUT2D eigenvalue weighted by molar-refractivity contribution is 5.93. The Balaban J connectivity index is 2.28. The molecule has 5 nitrogen and oxygen atoms in total. The molecule has 0 spiro atoms. The maximum atomic E-state index is 11.5. The fraction of sp³-hybridized carbons (Fsp3) is 0.167. The second-order valence-electron chi connectivity index (χ2n) is 5.66. The lowest BCUT2D eigenvalue weighted by molar-refractivity contribution is 0.0691. The van der Waals surface area contributed by atoms with Crippen LogP contribution in [-0.2, 0) is 0 Å². The van der Waals surface area contributed by atoms with Gasteiger partial charge in [-0.15, -0.1) is 5.10 Å². The van der Waals surface area contributed by atoms with Gasteiger partial charge in [0.2, 0.25) is 0 Å². The Kier molecular flexibility index (Phi) is 3.70. The summed E-state index contributed by atoms with van der Waals surface area (Å²) in [6.45, 7) is 5.95. The maximum Gasteiger partial charge on any atom is 0.358 e. The number of aryl methyl sites for hydroxylation is 3. The lowest BCUT2D eigenvalue weighted by atomic mass is 10.1. The molecule has 5 heteroatoms. The van der Waals surface area contributed by atoms with Crippen LogP contribution in [0.5, 0.6) is 0 Å². The Morgan fingerprint density at radius 3 is 2.30 bits per heavy atom. The number of carbonyl (C=O) groups is 1. The number of aromatic nitrogens is 3. The Hall–Kier alpha value is -2.95. The molecule has 1 N–H and O–H groups in total. The molecule has 2 aromatic carbocycles. The van der Waals surface area contributed by atoms with Gasteiger partial charge in [0.25, 0.3) is 0 Å². The van der Waals surface area contributed by atoms with Crippen LogP contribution in [0.15, 0.2) is 42.5 Å². The maximum absolute atomic E-state index is 11.5. The number of nitrogens with zero attached hydrogens (tertiary/aromatic N) is 3. The molecule has 1 heterocycles. The summed E-state index contributed by atoms with van der Waals surface area (Å²) in [6, 6.07) is 13.7. The van der Waals surface area contributed by atoms with Crippen molar-refractivity contribution >= 4 is 5.97 Å². The fourth-order valence-electron chi connectivity index (χ4n) is 2.51. The molecule has 0 saturated heterocycles. The molecule has 0 bridgehead atoms. The summed E-state index contributed by atoms with van der Waals surface area (Å²) in [6.07, 6.45) is 0. The molecule has 0 unspecified atom stereocenters. The van der Waals surface area contributed by atoms with Gasteiger partial charge in [-0.25, -0.2) is 9.48 Å². The van der Waals surface area contributed by atoms with Crippen LogP contribution in [0.1, 0.15) is 27.2 Å². The van der Waals surface area contributed by atoms with Crippen LogP contribution in [0.4, 0.5) is 0 Å². The van der Waals surface area contributed by atoms with Gasteiger partial charge in [-0.3, -0.25) is 0 Å². The van der Waals surface area contributed by atoms with Gasteiger partial charge in [0.05, 0.1) is 5.69 Å². The highest BCUT2D eigenvalue weighted by atomic mass is 16.4. The van der Waals surface area contributed by atoms with E-state index >= 15 is 0 Å². The zero-order valence-corrected chi connectivity index (χ0v) is 13.2. The number of hydrogen-bond acceptors (Lipinski definition) is 3. The van der Waals surface area contributed by atoms with Crippen molar-refractivity contribution in [3.63, 3.8) is 0 Å². The van der Waals surface area contributed by atoms with E-state index in [9.17, 15) is 9.90 Å². The molecule has 0 fully saturated rings. The first kappa shape index (κ1) is 15.0.